The molecule has 3 rings (SSSR count). The van der Waals surface area contributed by atoms with Crippen LogP contribution in [-0.2, 0) is 19.6 Å². The van der Waals surface area contributed by atoms with Gasteiger partial charge >= 0.3 is 6.03 Å². The van der Waals surface area contributed by atoms with Crippen molar-refractivity contribution in [3.8, 4) is 0 Å². The molecule has 0 unspecified atom stereocenters. The Morgan fingerprint density at radius 2 is 1.82 bits per heavy atom. The highest BCUT2D eigenvalue weighted by Crippen LogP contribution is 2.27. The summed E-state index contributed by atoms with van der Waals surface area (Å²) in [6.07, 6.45) is -0.0409. The first-order valence-corrected chi connectivity index (χ1v) is 11.1. The number of rotatable bonds is 7. The van der Waals surface area contributed by atoms with Gasteiger partial charge < -0.3 is 10.6 Å². The highest BCUT2D eigenvalue weighted by atomic mass is 79.9. The topological polar surface area (TPSA) is 125 Å². The summed E-state index contributed by atoms with van der Waals surface area (Å²) in [5.74, 6) is -0.739. The third-order valence-corrected chi connectivity index (χ3v) is 7.23. The normalized spacial score (nSPS) is 14.1. The molecule has 28 heavy (non-hydrogen) atoms. The lowest BCUT2D eigenvalue weighted by Crippen LogP contribution is -2.33. The zero-order valence-corrected chi connectivity index (χ0v) is 17.5. The van der Waals surface area contributed by atoms with E-state index in [4.69, 9.17) is 0 Å². The van der Waals surface area contributed by atoms with Gasteiger partial charge in [-0.15, -0.1) is 11.3 Å². The molecule has 0 atom stereocenters. The average Bonchev–Trinajstić information content (AvgIpc) is 3.21. The molecule has 9 nitrogen and oxygen atoms in total. The van der Waals surface area contributed by atoms with Crippen LogP contribution in [0.5, 0.6) is 0 Å². The number of benzene rings is 1. The van der Waals surface area contributed by atoms with E-state index in [0.29, 0.717) is 15.2 Å². The number of sulfonamides is 1. The zero-order valence-electron chi connectivity index (χ0n) is 14.3. The molecule has 0 saturated carbocycles. The third kappa shape index (κ3) is 4.88. The summed E-state index contributed by atoms with van der Waals surface area (Å²) in [5, 5.41) is 5.01. The number of hydrogen-bond donors (Lipinski definition) is 3. The molecule has 0 bridgehead atoms. The Morgan fingerprint density at radius 1 is 1.14 bits per heavy atom. The van der Waals surface area contributed by atoms with E-state index in [1.807, 2.05) is 0 Å². The van der Waals surface area contributed by atoms with Crippen molar-refractivity contribution in [2.75, 3.05) is 23.1 Å². The van der Waals surface area contributed by atoms with Crippen molar-refractivity contribution in [3.63, 3.8) is 0 Å². The van der Waals surface area contributed by atoms with Crippen molar-refractivity contribution in [1.82, 2.24) is 10.2 Å². The maximum atomic E-state index is 12.3. The van der Waals surface area contributed by atoms with Crippen LogP contribution in [0, 0.1) is 0 Å². The molecule has 12 heteroatoms. The molecule has 4 amide bonds. The molecular weight excluding hydrogens is 472 g/mol. The van der Waals surface area contributed by atoms with Gasteiger partial charge in [0.2, 0.25) is 11.8 Å². The fraction of sp³-hybridized carbons (Fsp3) is 0.188. The molecule has 2 heterocycles. The predicted octanol–water partition coefficient (Wildman–Crippen LogP) is 2.19. The molecule has 1 aromatic heterocycles. The number of urea groups is 1. The van der Waals surface area contributed by atoms with E-state index < -0.39 is 16.1 Å². The second-order valence-corrected chi connectivity index (χ2v) is 10.1. The smallest absolute Gasteiger partial charge is 0.324 e. The van der Waals surface area contributed by atoms with Gasteiger partial charge in [-0.05, 0) is 52.3 Å². The fourth-order valence-corrected chi connectivity index (χ4v) is 5.46. The van der Waals surface area contributed by atoms with Crippen molar-refractivity contribution in [2.24, 2.45) is 0 Å². The highest BCUT2D eigenvalue weighted by molar-refractivity contribution is 9.11. The van der Waals surface area contributed by atoms with Crippen LogP contribution in [0.15, 0.2) is 44.4 Å². The Bertz CT molecular complexity index is 1000. The Hall–Kier alpha value is -2.44. The van der Waals surface area contributed by atoms with Crippen LogP contribution >= 0.6 is 27.3 Å². The molecule has 1 aliphatic heterocycles. The first-order chi connectivity index (χ1) is 13.2. The van der Waals surface area contributed by atoms with Crippen molar-refractivity contribution in [2.45, 2.75) is 10.6 Å². The molecule has 1 saturated heterocycles. The lowest BCUT2D eigenvalue weighted by molar-refractivity contribution is -0.125. The Balaban J connectivity index is 1.55. The monoisotopic (exact) mass is 486 g/mol. The van der Waals surface area contributed by atoms with Crippen molar-refractivity contribution < 1.29 is 22.8 Å². The van der Waals surface area contributed by atoms with E-state index in [0.717, 1.165) is 16.2 Å². The van der Waals surface area contributed by atoms with Gasteiger partial charge in [-0.25, -0.2) is 13.2 Å². The highest BCUT2D eigenvalue weighted by Gasteiger charge is 2.28. The quantitative estimate of drug-likeness (QED) is 0.517. The van der Waals surface area contributed by atoms with Crippen LogP contribution in [0.2, 0.25) is 0 Å². The lowest BCUT2D eigenvalue weighted by Gasteiger charge is -2.12. The maximum absolute atomic E-state index is 12.3. The first-order valence-electron chi connectivity index (χ1n) is 8.01. The molecule has 148 valence electrons. The second kappa shape index (κ2) is 8.29. The van der Waals surface area contributed by atoms with Crippen LogP contribution < -0.4 is 15.4 Å². The third-order valence-electron chi connectivity index (χ3n) is 3.73. The van der Waals surface area contributed by atoms with Gasteiger partial charge in [0.05, 0.1) is 10.3 Å². The zero-order chi connectivity index (χ0) is 20.3. The Morgan fingerprint density at radius 3 is 2.39 bits per heavy atom. The van der Waals surface area contributed by atoms with Gasteiger partial charge in [0.1, 0.15) is 4.21 Å². The molecule has 0 radical (unpaired) electrons. The predicted molar refractivity (Wildman–Crippen MR) is 108 cm³/mol. The number of hydrogen-bond acceptors (Lipinski definition) is 6. The Kier molecular flexibility index (Phi) is 6.01. The van der Waals surface area contributed by atoms with E-state index in [-0.39, 0.29) is 35.5 Å². The minimum absolute atomic E-state index is 0.00917. The summed E-state index contributed by atoms with van der Waals surface area (Å²) >= 11 is 4.32. The molecule has 1 fully saturated rings. The number of imide groups is 1. The summed E-state index contributed by atoms with van der Waals surface area (Å²) in [6, 6.07) is 8.78. The van der Waals surface area contributed by atoms with Crippen molar-refractivity contribution in [3.05, 3.63) is 40.2 Å². The number of amides is 4. The van der Waals surface area contributed by atoms with Crippen molar-refractivity contribution >= 4 is 66.5 Å². The van der Waals surface area contributed by atoms with Crippen molar-refractivity contribution in [1.29, 1.82) is 0 Å². The number of halogens is 1. The van der Waals surface area contributed by atoms with Gasteiger partial charge in [0.25, 0.3) is 10.0 Å². The summed E-state index contributed by atoms with van der Waals surface area (Å²) < 4.78 is 27.9. The van der Waals surface area contributed by atoms with Gasteiger partial charge in [-0.3, -0.25) is 19.2 Å². The molecule has 1 aliphatic rings. The molecule has 1 aromatic carbocycles. The second-order valence-electron chi connectivity index (χ2n) is 5.74. The van der Waals surface area contributed by atoms with Crippen LogP contribution in [-0.4, -0.2) is 44.3 Å². The number of carbonyl (C=O) groups excluding carboxylic acids is 3. The minimum Gasteiger partial charge on any atom is -0.329 e. The van der Waals surface area contributed by atoms with Crippen LogP contribution in [0.4, 0.5) is 16.2 Å². The summed E-state index contributed by atoms with van der Waals surface area (Å²) in [5.41, 5.74) is 0.811. The maximum Gasteiger partial charge on any atom is 0.324 e. The number of thiophene rings is 1. The van der Waals surface area contributed by atoms with Crippen LogP contribution in [0.3, 0.4) is 0 Å². The summed E-state index contributed by atoms with van der Waals surface area (Å²) in [4.78, 5) is 35.9. The van der Waals surface area contributed by atoms with E-state index in [9.17, 15) is 22.8 Å². The summed E-state index contributed by atoms with van der Waals surface area (Å²) in [7, 11) is -3.68. The Labute approximate surface area is 173 Å². The average molecular weight is 487 g/mol. The van der Waals surface area contributed by atoms with Gasteiger partial charge in [0, 0.05) is 24.3 Å². The molecule has 0 aliphatic carbocycles. The molecule has 0 spiro atoms. The van der Waals surface area contributed by atoms with E-state index in [1.165, 1.54) is 18.2 Å². The molecule has 3 N–H and O–H groups in total. The molecular formula is C16H15BrN4O5S2. The van der Waals surface area contributed by atoms with Gasteiger partial charge in [-0.2, -0.15) is 0 Å². The van der Waals surface area contributed by atoms with Crippen LogP contribution in [0.1, 0.15) is 6.42 Å². The van der Waals surface area contributed by atoms with Gasteiger partial charge in [-0.1, -0.05) is 0 Å². The number of nitrogens with one attached hydrogen (secondary N) is 3. The van der Waals surface area contributed by atoms with E-state index >= 15 is 0 Å². The summed E-state index contributed by atoms with van der Waals surface area (Å²) in [6.45, 7) is -0.0645. The molecule has 2 aromatic rings. The number of carbonyl (C=O) groups is 3. The van der Waals surface area contributed by atoms with Gasteiger partial charge in [0.15, 0.2) is 0 Å². The standard InChI is InChI=1S/C16H15BrN4O5S2/c17-12-5-6-15(27-12)28(25,26)20-11-3-1-10(2-4-11)19-13(22)7-8-21-14(23)9-18-16(21)24/h1-6,20H,7-9H2,(H,18,24)(H,19,22). The first kappa shape index (κ1) is 20.3. The number of anilines is 2. The minimum atomic E-state index is -3.68. The van der Waals surface area contributed by atoms with Crippen LogP contribution in [0.25, 0.3) is 0 Å². The SMILES string of the molecule is O=C(CCN1C(=O)CNC1=O)Nc1ccc(NS(=O)(=O)c2ccc(Br)s2)cc1. The van der Waals surface area contributed by atoms with E-state index in [2.05, 4.69) is 31.3 Å². The largest absolute Gasteiger partial charge is 0.329 e. The number of nitrogens with zero attached hydrogens (tertiary/aromatic N) is 1. The lowest BCUT2D eigenvalue weighted by atomic mass is 10.2. The van der Waals surface area contributed by atoms with E-state index in [1.54, 1.807) is 18.2 Å². The fourth-order valence-electron chi connectivity index (χ4n) is 2.39.